The minimum Gasteiger partial charge on any atom is -0.462 e. The van der Waals surface area contributed by atoms with E-state index in [1.165, 1.54) is 193 Å². The molecule has 0 aliphatic carbocycles. The van der Waals surface area contributed by atoms with E-state index in [1.54, 1.807) is 0 Å². The van der Waals surface area contributed by atoms with E-state index in [2.05, 4.69) is 48.5 Å². The lowest BCUT2D eigenvalue weighted by atomic mass is 9.99. The quantitative estimate of drug-likeness (QED) is 0.0222. The van der Waals surface area contributed by atoms with Crippen molar-refractivity contribution in [3.8, 4) is 0 Å². The van der Waals surface area contributed by atoms with Gasteiger partial charge in [0.2, 0.25) is 0 Å². The summed E-state index contributed by atoms with van der Waals surface area (Å²) in [5.74, 6) is 0.312. The number of rotatable bonds is 75. The van der Waals surface area contributed by atoms with E-state index in [4.69, 9.17) is 37.0 Å². The normalized spacial score (nSPS) is 14.6. The van der Waals surface area contributed by atoms with E-state index >= 15 is 0 Å². The maximum absolute atomic E-state index is 13.1. The Labute approximate surface area is 588 Å². The zero-order valence-corrected chi connectivity index (χ0v) is 64.6. The summed E-state index contributed by atoms with van der Waals surface area (Å²) in [5, 5.41) is 10.6. The molecule has 0 aromatic rings. The maximum atomic E-state index is 13.1. The lowest BCUT2D eigenvalue weighted by molar-refractivity contribution is -0.161. The molecular formula is C77H150O17P2. The van der Waals surface area contributed by atoms with Crippen LogP contribution >= 0.6 is 15.6 Å². The van der Waals surface area contributed by atoms with Gasteiger partial charge in [0.05, 0.1) is 26.4 Å². The summed E-state index contributed by atoms with van der Waals surface area (Å²) >= 11 is 0. The fourth-order valence-corrected chi connectivity index (χ4v) is 13.3. The zero-order chi connectivity index (χ0) is 70.9. The summed E-state index contributed by atoms with van der Waals surface area (Å²) in [6.07, 6.45) is 54.2. The highest BCUT2D eigenvalue weighted by Crippen LogP contribution is 2.45. The highest BCUT2D eigenvalue weighted by Gasteiger charge is 2.30. The molecule has 96 heavy (non-hydrogen) atoms. The Hall–Kier alpha value is -1.94. The first-order valence-electron chi connectivity index (χ1n) is 39.9. The number of ether oxygens (including phenoxy) is 4. The number of hydrogen-bond acceptors (Lipinski definition) is 15. The van der Waals surface area contributed by atoms with Crippen LogP contribution < -0.4 is 0 Å². The van der Waals surface area contributed by atoms with Crippen LogP contribution in [0.3, 0.4) is 0 Å². The number of phosphoric acid groups is 2. The van der Waals surface area contributed by atoms with Gasteiger partial charge < -0.3 is 33.8 Å². The average Bonchev–Trinajstić information content (AvgIpc) is 1.33. The van der Waals surface area contributed by atoms with Crippen molar-refractivity contribution >= 4 is 39.5 Å². The maximum Gasteiger partial charge on any atom is 0.472 e. The lowest BCUT2D eigenvalue weighted by Crippen LogP contribution is -2.30. The Morgan fingerprint density at radius 2 is 0.531 bits per heavy atom. The Balaban J connectivity index is 5.18. The number of hydrogen-bond donors (Lipinski definition) is 3. The SMILES string of the molecule is CCCCCCCCCC(=O)OC[C@H](COP(=O)(O)OC[C@H](O)COP(=O)(O)OC[C@@H](COC(=O)CCCCCCCCCCCCC(C)CC)OC(=O)CCCCCCCCCCCCCCCCCCCCC(C)C)OC(=O)CCCCCCCCCCCCC(C)CC. The van der Waals surface area contributed by atoms with Crippen molar-refractivity contribution in [2.45, 2.75) is 414 Å². The summed E-state index contributed by atoms with van der Waals surface area (Å²) in [5.41, 5.74) is 0. The molecule has 19 heteroatoms. The highest BCUT2D eigenvalue weighted by molar-refractivity contribution is 7.47. The van der Waals surface area contributed by atoms with Crippen molar-refractivity contribution in [1.29, 1.82) is 0 Å². The van der Waals surface area contributed by atoms with Crippen molar-refractivity contribution in [2.24, 2.45) is 17.8 Å². The molecule has 4 unspecified atom stereocenters. The topological polar surface area (TPSA) is 237 Å². The van der Waals surface area contributed by atoms with Crippen molar-refractivity contribution in [2.75, 3.05) is 39.6 Å². The van der Waals surface area contributed by atoms with Gasteiger partial charge in [0, 0.05) is 25.7 Å². The second-order valence-corrected chi connectivity index (χ2v) is 31.6. The van der Waals surface area contributed by atoms with Gasteiger partial charge in [-0.15, -0.1) is 0 Å². The van der Waals surface area contributed by atoms with Gasteiger partial charge in [0.1, 0.15) is 19.3 Å². The standard InChI is InChI=1S/C77H150O17P2/c1-8-11-12-13-34-44-51-58-74(79)87-64-72(93-77(82)61-54-47-40-33-27-25-30-37-43-50-57-70(7)10-3)66-91-95(83,84)89-62-71(78)63-90-96(85,86)92-67-73(65-88-75(80)59-52-45-38-31-26-24-29-36-42-49-56-69(6)9-2)94-76(81)60-53-46-39-32-23-21-19-17-15-14-16-18-20-22-28-35-41-48-55-68(4)5/h68-73,78H,8-67H2,1-7H3,(H,83,84)(H,85,86)/t69?,70?,71-,72+,73+/m0/s1. The van der Waals surface area contributed by atoms with Crippen molar-refractivity contribution in [3.05, 3.63) is 0 Å². The van der Waals surface area contributed by atoms with Crippen LogP contribution in [0.4, 0.5) is 0 Å². The van der Waals surface area contributed by atoms with Crippen LogP contribution in [0, 0.1) is 17.8 Å². The zero-order valence-electron chi connectivity index (χ0n) is 62.8. The van der Waals surface area contributed by atoms with E-state index in [0.29, 0.717) is 25.7 Å². The molecule has 0 fully saturated rings. The fraction of sp³-hybridized carbons (Fsp3) is 0.948. The first-order valence-corrected chi connectivity index (χ1v) is 42.9. The largest absolute Gasteiger partial charge is 0.472 e. The molecule has 0 amide bonds. The number of aliphatic hydroxyl groups is 1. The van der Waals surface area contributed by atoms with Gasteiger partial charge in [0.15, 0.2) is 12.2 Å². The highest BCUT2D eigenvalue weighted by atomic mass is 31.2. The van der Waals surface area contributed by atoms with E-state index in [9.17, 15) is 43.2 Å². The molecule has 0 aromatic carbocycles. The Bertz CT molecular complexity index is 1870. The smallest absolute Gasteiger partial charge is 0.462 e. The average molecular weight is 1410 g/mol. The molecule has 0 heterocycles. The third kappa shape index (κ3) is 67.9. The van der Waals surface area contributed by atoms with Gasteiger partial charge in [-0.2, -0.15) is 0 Å². The summed E-state index contributed by atoms with van der Waals surface area (Å²) in [6.45, 7) is 12.0. The molecule has 0 saturated carbocycles. The molecule has 3 N–H and O–H groups in total. The Morgan fingerprint density at radius 3 is 0.792 bits per heavy atom. The molecule has 0 radical (unpaired) electrons. The van der Waals surface area contributed by atoms with E-state index in [-0.39, 0.29) is 25.7 Å². The summed E-state index contributed by atoms with van der Waals surface area (Å²) in [6, 6.07) is 0. The lowest BCUT2D eigenvalue weighted by Gasteiger charge is -2.21. The molecule has 0 rings (SSSR count). The van der Waals surface area contributed by atoms with Gasteiger partial charge in [-0.3, -0.25) is 37.3 Å². The van der Waals surface area contributed by atoms with Crippen LogP contribution in [0.25, 0.3) is 0 Å². The van der Waals surface area contributed by atoms with Gasteiger partial charge >= 0.3 is 39.5 Å². The molecule has 0 bridgehead atoms. The van der Waals surface area contributed by atoms with Crippen LogP contribution in [0.2, 0.25) is 0 Å². The predicted molar refractivity (Wildman–Crippen MR) is 391 cm³/mol. The van der Waals surface area contributed by atoms with Crippen LogP contribution in [0.5, 0.6) is 0 Å². The molecule has 0 aliphatic rings. The number of carbonyl (C=O) groups excluding carboxylic acids is 4. The molecule has 0 spiro atoms. The van der Waals surface area contributed by atoms with Crippen LogP contribution in [-0.4, -0.2) is 96.7 Å². The van der Waals surface area contributed by atoms with Crippen molar-refractivity contribution in [3.63, 3.8) is 0 Å². The number of esters is 4. The fourth-order valence-electron chi connectivity index (χ4n) is 11.7. The van der Waals surface area contributed by atoms with Crippen LogP contribution in [-0.2, 0) is 65.4 Å². The summed E-state index contributed by atoms with van der Waals surface area (Å²) < 4.78 is 68.5. The monoisotopic (exact) mass is 1410 g/mol. The Morgan fingerprint density at radius 1 is 0.302 bits per heavy atom. The summed E-state index contributed by atoms with van der Waals surface area (Å²) in [4.78, 5) is 72.7. The third-order valence-corrected chi connectivity index (χ3v) is 20.5. The van der Waals surface area contributed by atoms with Crippen LogP contribution in [0.1, 0.15) is 395 Å². The van der Waals surface area contributed by atoms with Crippen LogP contribution in [0.15, 0.2) is 0 Å². The van der Waals surface area contributed by atoms with Gasteiger partial charge in [-0.05, 0) is 43.4 Å². The van der Waals surface area contributed by atoms with E-state index in [0.717, 1.165) is 120 Å². The molecule has 0 aliphatic heterocycles. The molecule has 17 nitrogen and oxygen atoms in total. The first kappa shape index (κ1) is 94.1. The van der Waals surface area contributed by atoms with Gasteiger partial charge in [-0.25, -0.2) is 9.13 Å². The summed E-state index contributed by atoms with van der Waals surface area (Å²) in [7, 11) is -9.91. The minimum absolute atomic E-state index is 0.106. The van der Waals surface area contributed by atoms with Gasteiger partial charge in [0.25, 0.3) is 0 Å². The second-order valence-electron chi connectivity index (χ2n) is 28.7. The minimum atomic E-state index is -4.96. The number of phosphoric ester groups is 2. The van der Waals surface area contributed by atoms with Gasteiger partial charge in [-0.1, -0.05) is 344 Å². The number of aliphatic hydroxyl groups excluding tert-OH is 1. The number of unbranched alkanes of at least 4 members (excludes halogenated alkanes) is 41. The third-order valence-electron chi connectivity index (χ3n) is 18.6. The Kier molecular flexibility index (Phi) is 66.2. The second kappa shape index (κ2) is 67.5. The molecular weight excluding hydrogens is 1260 g/mol. The molecule has 7 atom stereocenters. The molecule has 570 valence electrons. The number of carbonyl (C=O) groups is 4. The molecule has 0 saturated heterocycles. The predicted octanol–water partition coefficient (Wildman–Crippen LogP) is 22.6. The first-order chi connectivity index (χ1) is 46.3. The molecule has 0 aromatic heterocycles. The van der Waals surface area contributed by atoms with Crippen molar-refractivity contribution < 1.29 is 80.2 Å². The van der Waals surface area contributed by atoms with E-state index in [1.807, 2.05) is 0 Å². The van der Waals surface area contributed by atoms with E-state index < -0.39 is 97.5 Å². The van der Waals surface area contributed by atoms with Crippen molar-refractivity contribution in [1.82, 2.24) is 0 Å².